The average molecular weight is 357 g/mol. The van der Waals surface area contributed by atoms with Crippen LogP contribution in [0.3, 0.4) is 0 Å². The molecule has 5 nitrogen and oxygen atoms in total. The van der Waals surface area contributed by atoms with Crippen LogP contribution in [0.5, 0.6) is 0 Å². The zero-order chi connectivity index (χ0) is 17.8. The Hall–Kier alpha value is -2.18. The first-order valence-electron chi connectivity index (χ1n) is 8.58. The maximum atomic E-state index is 12.9. The number of likely N-dealkylation sites (tertiary alicyclic amines) is 1. The molecule has 0 radical (unpaired) electrons. The van der Waals surface area contributed by atoms with E-state index in [1.807, 2.05) is 23.3 Å². The molecule has 1 aliphatic heterocycles. The van der Waals surface area contributed by atoms with E-state index in [1.54, 1.807) is 30.3 Å². The first-order valence-corrected chi connectivity index (χ1v) is 9.45. The zero-order valence-corrected chi connectivity index (χ0v) is 15.1. The summed E-state index contributed by atoms with van der Waals surface area (Å²) in [6.45, 7) is 2.69. The molecule has 0 saturated carbocycles. The number of benzene rings is 1. The number of piperidine rings is 1. The van der Waals surface area contributed by atoms with Gasteiger partial charge in [0.1, 0.15) is 0 Å². The number of hydrogen-bond acceptors (Lipinski definition) is 4. The second-order valence-electron chi connectivity index (χ2n) is 6.43. The Morgan fingerprint density at radius 2 is 2.12 bits per heavy atom. The van der Waals surface area contributed by atoms with Crippen LogP contribution >= 0.6 is 11.3 Å². The van der Waals surface area contributed by atoms with Gasteiger partial charge in [0.25, 0.3) is 11.8 Å². The summed E-state index contributed by atoms with van der Waals surface area (Å²) in [4.78, 5) is 27.7. The van der Waals surface area contributed by atoms with Gasteiger partial charge in [0.15, 0.2) is 0 Å². The van der Waals surface area contributed by atoms with Gasteiger partial charge in [-0.1, -0.05) is 12.1 Å². The zero-order valence-electron chi connectivity index (χ0n) is 14.3. The standard InChI is InChI=1S/C19H23N3O2S/c1-13(20)16-8-2-3-10-22(16)19(24)14-6-4-7-15(12-14)21-18(23)17-9-5-11-25-17/h4-7,9,11-13,16H,2-3,8,10,20H2,1H3,(H,21,23). The molecule has 3 N–H and O–H groups in total. The molecule has 1 fully saturated rings. The highest BCUT2D eigenvalue weighted by Gasteiger charge is 2.29. The van der Waals surface area contributed by atoms with Crippen molar-refractivity contribution in [1.29, 1.82) is 0 Å². The van der Waals surface area contributed by atoms with Crippen LogP contribution in [0.25, 0.3) is 0 Å². The van der Waals surface area contributed by atoms with Gasteiger partial charge in [-0.3, -0.25) is 9.59 Å². The first-order chi connectivity index (χ1) is 12.1. The van der Waals surface area contributed by atoms with E-state index in [1.165, 1.54) is 11.3 Å². The maximum Gasteiger partial charge on any atom is 0.265 e. The van der Waals surface area contributed by atoms with Gasteiger partial charge in [-0.15, -0.1) is 11.3 Å². The van der Waals surface area contributed by atoms with Crippen molar-refractivity contribution < 1.29 is 9.59 Å². The van der Waals surface area contributed by atoms with Gasteiger partial charge in [-0.2, -0.15) is 0 Å². The van der Waals surface area contributed by atoms with E-state index in [4.69, 9.17) is 5.73 Å². The molecule has 132 valence electrons. The van der Waals surface area contributed by atoms with Gasteiger partial charge >= 0.3 is 0 Å². The van der Waals surface area contributed by atoms with E-state index in [0.29, 0.717) is 16.1 Å². The molecule has 2 aromatic rings. The van der Waals surface area contributed by atoms with Crippen molar-refractivity contribution in [2.45, 2.75) is 38.3 Å². The summed E-state index contributed by atoms with van der Waals surface area (Å²) in [5, 5.41) is 4.71. The lowest BCUT2D eigenvalue weighted by molar-refractivity contribution is 0.0583. The topological polar surface area (TPSA) is 75.4 Å². The summed E-state index contributed by atoms with van der Waals surface area (Å²) >= 11 is 1.39. The first kappa shape index (κ1) is 17.6. The predicted molar refractivity (Wildman–Crippen MR) is 101 cm³/mol. The normalized spacial score (nSPS) is 18.6. The summed E-state index contributed by atoms with van der Waals surface area (Å²) in [6, 6.07) is 10.7. The number of nitrogens with one attached hydrogen (secondary N) is 1. The third kappa shape index (κ3) is 4.08. The molecule has 3 rings (SSSR count). The fourth-order valence-corrected chi connectivity index (χ4v) is 3.87. The van der Waals surface area contributed by atoms with E-state index in [0.717, 1.165) is 25.8 Å². The highest BCUT2D eigenvalue weighted by molar-refractivity contribution is 7.12. The molecule has 0 spiro atoms. The van der Waals surface area contributed by atoms with E-state index in [9.17, 15) is 9.59 Å². The number of carbonyl (C=O) groups excluding carboxylic acids is 2. The largest absolute Gasteiger partial charge is 0.334 e. The van der Waals surface area contributed by atoms with E-state index < -0.39 is 0 Å². The van der Waals surface area contributed by atoms with Crippen LogP contribution in [0.15, 0.2) is 41.8 Å². The molecule has 0 bridgehead atoms. The minimum atomic E-state index is -0.161. The molecule has 0 aliphatic carbocycles. The number of thiophene rings is 1. The lowest BCUT2D eigenvalue weighted by Crippen LogP contribution is -2.51. The van der Waals surface area contributed by atoms with Gasteiger partial charge in [-0.25, -0.2) is 0 Å². The van der Waals surface area contributed by atoms with Crippen molar-refractivity contribution in [3.05, 3.63) is 52.2 Å². The minimum Gasteiger partial charge on any atom is -0.334 e. The number of carbonyl (C=O) groups is 2. The summed E-state index contributed by atoms with van der Waals surface area (Å²) < 4.78 is 0. The third-order valence-corrected chi connectivity index (χ3v) is 5.40. The summed E-state index contributed by atoms with van der Waals surface area (Å²) in [5.41, 5.74) is 7.28. The number of hydrogen-bond donors (Lipinski definition) is 2. The molecule has 1 aromatic carbocycles. The SMILES string of the molecule is CC(N)C1CCCCN1C(=O)c1cccc(NC(=O)c2cccs2)c1. The highest BCUT2D eigenvalue weighted by atomic mass is 32.1. The second-order valence-corrected chi connectivity index (χ2v) is 7.38. The molecule has 2 heterocycles. The van der Waals surface area contributed by atoms with Crippen molar-refractivity contribution in [2.75, 3.05) is 11.9 Å². The lowest BCUT2D eigenvalue weighted by Gasteiger charge is -2.38. The highest BCUT2D eigenvalue weighted by Crippen LogP contribution is 2.23. The van der Waals surface area contributed by atoms with Gasteiger partial charge in [0.05, 0.1) is 4.88 Å². The molecule has 1 saturated heterocycles. The molecular formula is C19H23N3O2S. The van der Waals surface area contributed by atoms with Gasteiger partial charge in [-0.05, 0) is 55.8 Å². The Labute approximate surface area is 151 Å². The molecule has 6 heteroatoms. The number of amides is 2. The Morgan fingerprint density at radius 1 is 1.28 bits per heavy atom. The molecule has 2 unspecified atom stereocenters. The van der Waals surface area contributed by atoms with Gasteiger partial charge < -0.3 is 16.0 Å². The minimum absolute atomic E-state index is 0.0192. The van der Waals surface area contributed by atoms with Crippen LogP contribution in [0.4, 0.5) is 5.69 Å². The van der Waals surface area contributed by atoms with Crippen molar-refractivity contribution in [3.63, 3.8) is 0 Å². The molecule has 2 amide bonds. The molecule has 25 heavy (non-hydrogen) atoms. The van der Waals surface area contributed by atoms with Crippen LogP contribution in [-0.4, -0.2) is 35.3 Å². The van der Waals surface area contributed by atoms with Gasteiger partial charge in [0, 0.05) is 29.9 Å². The Kier molecular flexibility index (Phi) is 5.50. The molecule has 2 atom stereocenters. The van der Waals surface area contributed by atoms with Crippen LogP contribution in [0.1, 0.15) is 46.2 Å². The lowest BCUT2D eigenvalue weighted by atomic mass is 9.96. The Balaban J connectivity index is 1.76. The van der Waals surface area contributed by atoms with Crippen LogP contribution in [-0.2, 0) is 0 Å². The fourth-order valence-electron chi connectivity index (χ4n) is 3.25. The van der Waals surface area contributed by atoms with Crippen molar-refractivity contribution in [3.8, 4) is 0 Å². The Morgan fingerprint density at radius 3 is 2.84 bits per heavy atom. The van der Waals surface area contributed by atoms with Crippen molar-refractivity contribution >= 4 is 28.8 Å². The van der Waals surface area contributed by atoms with E-state index in [2.05, 4.69) is 5.32 Å². The number of rotatable bonds is 4. The van der Waals surface area contributed by atoms with E-state index >= 15 is 0 Å². The van der Waals surface area contributed by atoms with Crippen molar-refractivity contribution in [1.82, 2.24) is 4.90 Å². The summed E-state index contributed by atoms with van der Waals surface area (Å²) in [5.74, 6) is -0.180. The summed E-state index contributed by atoms with van der Waals surface area (Å²) in [7, 11) is 0. The van der Waals surface area contributed by atoms with E-state index in [-0.39, 0.29) is 23.9 Å². The molecule has 1 aliphatic rings. The van der Waals surface area contributed by atoms with Crippen LogP contribution < -0.4 is 11.1 Å². The monoisotopic (exact) mass is 357 g/mol. The molecular weight excluding hydrogens is 334 g/mol. The quantitative estimate of drug-likeness (QED) is 0.881. The fraction of sp³-hybridized carbons (Fsp3) is 0.368. The predicted octanol–water partition coefficient (Wildman–Crippen LogP) is 3.34. The van der Waals surface area contributed by atoms with Crippen LogP contribution in [0, 0.1) is 0 Å². The smallest absolute Gasteiger partial charge is 0.265 e. The van der Waals surface area contributed by atoms with Crippen LogP contribution in [0.2, 0.25) is 0 Å². The summed E-state index contributed by atoms with van der Waals surface area (Å²) in [6.07, 6.45) is 3.05. The maximum absolute atomic E-state index is 12.9. The molecule has 1 aromatic heterocycles. The second kappa shape index (κ2) is 7.80. The number of nitrogens with zero attached hydrogens (tertiary/aromatic N) is 1. The van der Waals surface area contributed by atoms with Gasteiger partial charge in [0.2, 0.25) is 0 Å². The third-order valence-electron chi connectivity index (χ3n) is 4.53. The van der Waals surface area contributed by atoms with Crippen molar-refractivity contribution in [2.24, 2.45) is 5.73 Å². The Bertz CT molecular complexity index is 743. The average Bonchev–Trinajstić information content (AvgIpc) is 3.16. The number of nitrogens with two attached hydrogens (primary N) is 1. The number of anilines is 1.